The van der Waals surface area contributed by atoms with Crippen LogP contribution in [0.1, 0.15) is 297 Å². The highest BCUT2D eigenvalue weighted by atomic mass is 16.6. The SMILES string of the molecule is CCCCCCCCC/C=C\CCCCCCCC(=O)OCC(COC(=O)CCCCCCCCCCCCCCCC)OC(=O)CCCCC/C=C\CCCCCCCCC. The van der Waals surface area contributed by atoms with Crippen molar-refractivity contribution in [2.45, 2.75) is 303 Å². The minimum absolute atomic E-state index is 0.0759. The van der Waals surface area contributed by atoms with Gasteiger partial charge in [0.25, 0.3) is 0 Å². The highest BCUT2D eigenvalue weighted by Gasteiger charge is 2.19. The van der Waals surface area contributed by atoms with Crippen LogP contribution in [0.4, 0.5) is 0 Å². The first kappa shape index (κ1) is 59.9. The van der Waals surface area contributed by atoms with Crippen molar-refractivity contribution in [2.75, 3.05) is 13.2 Å². The average molecular weight is 873 g/mol. The van der Waals surface area contributed by atoms with Crippen molar-refractivity contribution in [3.8, 4) is 0 Å². The van der Waals surface area contributed by atoms with E-state index >= 15 is 0 Å². The number of esters is 3. The van der Waals surface area contributed by atoms with Gasteiger partial charge in [0.1, 0.15) is 13.2 Å². The molecule has 0 spiro atoms. The second-order valence-electron chi connectivity index (χ2n) is 18.5. The number of carbonyl (C=O) groups excluding carboxylic acids is 3. The number of rotatable bonds is 50. The fourth-order valence-electron chi connectivity index (χ4n) is 8.02. The Kier molecular flexibility index (Phi) is 49.8. The van der Waals surface area contributed by atoms with E-state index in [4.69, 9.17) is 14.2 Å². The quantitative estimate of drug-likeness (QED) is 0.0262. The van der Waals surface area contributed by atoms with E-state index in [-0.39, 0.29) is 31.1 Å². The molecule has 0 rings (SSSR count). The van der Waals surface area contributed by atoms with Gasteiger partial charge in [-0.3, -0.25) is 14.4 Å². The maximum Gasteiger partial charge on any atom is 0.306 e. The van der Waals surface area contributed by atoms with Crippen LogP contribution >= 0.6 is 0 Å². The first-order chi connectivity index (χ1) is 30.5. The third kappa shape index (κ3) is 48.9. The molecule has 0 saturated carbocycles. The monoisotopic (exact) mass is 873 g/mol. The molecule has 62 heavy (non-hydrogen) atoms. The zero-order chi connectivity index (χ0) is 45.1. The lowest BCUT2D eigenvalue weighted by Gasteiger charge is -2.18. The van der Waals surface area contributed by atoms with Crippen LogP contribution in [0.15, 0.2) is 24.3 Å². The Hall–Kier alpha value is -2.11. The van der Waals surface area contributed by atoms with Gasteiger partial charge < -0.3 is 14.2 Å². The topological polar surface area (TPSA) is 78.9 Å². The number of unbranched alkanes of at least 4 members (excludes halogenated alkanes) is 35. The third-order valence-electron chi connectivity index (χ3n) is 12.2. The van der Waals surface area contributed by atoms with Crippen LogP contribution < -0.4 is 0 Å². The van der Waals surface area contributed by atoms with E-state index in [1.54, 1.807) is 0 Å². The van der Waals surface area contributed by atoms with Crippen molar-refractivity contribution >= 4 is 17.9 Å². The number of hydrogen-bond acceptors (Lipinski definition) is 6. The Bertz CT molecular complexity index is 1000. The third-order valence-corrected chi connectivity index (χ3v) is 12.2. The fraction of sp³-hybridized carbons (Fsp3) is 0.875. The van der Waals surface area contributed by atoms with E-state index in [0.717, 1.165) is 77.0 Å². The van der Waals surface area contributed by atoms with Crippen LogP contribution in [-0.2, 0) is 28.6 Å². The summed E-state index contributed by atoms with van der Waals surface area (Å²) in [5, 5.41) is 0. The molecule has 0 amide bonds. The van der Waals surface area contributed by atoms with Crippen molar-refractivity contribution in [1.82, 2.24) is 0 Å². The van der Waals surface area contributed by atoms with E-state index < -0.39 is 6.10 Å². The molecule has 364 valence electrons. The molecule has 0 aliphatic rings. The van der Waals surface area contributed by atoms with E-state index in [9.17, 15) is 14.4 Å². The Labute approximate surface area is 385 Å². The maximum atomic E-state index is 12.8. The predicted molar refractivity (Wildman–Crippen MR) is 266 cm³/mol. The highest BCUT2D eigenvalue weighted by molar-refractivity contribution is 5.71. The van der Waals surface area contributed by atoms with Crippen LogP contribution in [-0.4, -0.2) is 37.2 Å². The highest BCUT2D eigenvalue weighted by Crippen LogP contribution is 2.16. The Morgan fingerprint density at radius 3 is 0.823 bits per heavy atom. The summed E-state index contributed by atoms with van der Waals surface area (Å²) in [6.45, 7) is 6.65. The summed E-state index contributed by atoms with van der Waals surface area (Å²) in [6, 6.07) is 0. The van der Waals surface area contributed by atoms with Crippen molar-refractivity contribution < 1.29 is 28.6 Å². The molecule has 0 fully saturated rings. The molecule has 1 unspecified atom stereocenters. The summed E-state index contributed by atoms with van der Waals surface area (Å²) in [4.78, 5) is 38.0. The molecule has 6 nitrogen and oxygen atoms in total. The molecule has 0 bridgehead atoms. The minimum atomic E-state index is -0.778. The van der Waals surface area contributed by atoms with Crippen LogP contribution in [0.2, 0.25) is 0 Å². The van der Waals surface area contributed by atoms with Crippen molar-refractivity contribution in [3.05, 3.63) is 24.3 Å². The van der Waals surface area contributed by atoms with Gasteiger partial charge >= 0.3 is 17.9 Å². The predicted octanol–water partition coefficient (Wildman–Crippen LogP) is 17.9. The molecular formula is C56H104O6. The molecule has 0 aromatic carbocycles. The van der Waals surface area contributed by atoms with Crippen molar-refractivity contribution in [1.29, 1.82) is 0 Å². The molecule has 1 atom stereocenters. The lowest BCUT2D eigenvalue weighted by Crippen LogP contribution is -2.30. The van der Waals surface area contributed by atoms with Crippen LogP contribution in [0.25, 0.3) is 0 Å². The first-order valence-electron chi connectivity index (χ1n) is 27.3. The van der Waals surface area contributed by atoms with Gasteiger partial charge in [-0.1, -0.05) is 231 Å². The fourth-order valence-corrected chi connectivity index (χ4v) is 8.02. The van der Waals surface area contributed by atoms with Gasteiger partial charge in [0.2, 0.25) is 0 Å². The largest absolute Gasteiger partial charge is 0.462 e. The number of hydrogen-bond donors (Lipinski definition) is 0. The normalized spacial score (nSPS) is 12.1. The Balaban J connectivity index is 4.36. The Morgan fingerprint density at radius 1 is 0.306 bits per heavy atom. The number of carbonyl (C=O) groups is 3. The lowest BCUT2D eigenvalue weighted by molar-refractivity contribution is -0.167. The zero-order valence-corrected chi connectivity index (χ0v) is 41.7. The second kappa shape index (κ2) is 51.5. The van der Waals surface area contributed by atoms with Gasteiger partial charge in [0.15, 0.2) is 6.10 Å². The van der Waals surface area contributed by atoms with E-state index in [1.807, 2.05) is 0 Å². The van der Waals surface area contributed by atoms with Crippen molar-refractivity contribution in [2.24, 2.45) is 0 Å². The molecule has 0 radical (unpaired) electrons. The average Bonchev–Trinajstić information content (AvgIpc) is 3.27. The molecule has 0 aromatic heterocycles. The second-order valence-corrected chi connectivity index (χ2v) is 18.5. The van der Waals surface area contributed by atoms with E-state index in [2.05, 4.69) is 45.1 Å². The summed E-state index contributed by atoms with van der Waals surface area (Å²) < 4.78 is 16.8. The summed E-state index contributed by atoms with van der Waals surface area (Å²) in [6.07, 6.45) is 58.7. The van der Waals surface area contributed by atoms with Gasteiger partial charge in [-0.05, 0) is 70.6 Å². The summed E-state index contributed by atoms with van der Waals surface area (Å²) >= 11 is 0. The van der Waals surface area contributed by atoms with E-state index in [1.165, 1.54) is 180 Å². The van der Waals surface area contributed by atoms with Gasteiger partial charge in [0, 0.05) is 19.3 Å². The number of allylic oxidation sites excluding steroid dienone is 4. The molecule has 0 saturated heterocycles. The summed E-state index contributed by atoms with van der Waals surface area (Å²) in [5.41, 5.74) is 0. The first-order valence-corrected chi connectivity index (χ1v) is 27.3. The molecule has 0 aliphatic carbocycles. The van der Waals surface area contributed by atoms with Gasteiger partial charge in [0.05, 0.1) is 0 Å². The molecule has 0 aromatic rings. The Morgan fingerprint density at radius 2 is 0.532 bits per heavy atom. The van der Waals surface area contributed by atoms with Crippen LogP contribution in [0.3, 0.4) is 0 Å². The lowest BCUT2D eigenvalue weighted by atomic mass is 10.0. The molecular weight excluding hydrogens is 769 g/mol. The molecule has 6 heteroatoms. The van der Waals surface area contributed by atoms with Crippen LogP contribution in [0.5, 0.6) is 0 Å². The van der Waals surface area contributed by atoms with Crippen LogP contribution in [0, 0.1) is 0 Å². The van der Waals surface area contributed by atoms with Gasteiger partial charge in [-0.25, -0.2) is 0 Å². The zero-order valence-electron chi connectivity index (χ0n) is 41.7. The van der Waals surface area contributed by atoms with Crippen molar-refractivity contribution in [3.63, 3.8) is 0 Å². The summed E-state index contributed by atoms with van der Waals surface area (Å²) in [7, 11) is 0. The smallest absolute Gasteiger partial charge is 0.306 e. The standard InChI is InChI=1S/C56H104O6/c1-4-7-10-13-16-19-22-25-28-29-32-34-37-40-43-46-49-55(58)61-52-53(62-56(59)50-47-44-41-38-35-31-27-24-21-18-15-12-9-6-3)51-60-54(57)48-45-42-39-36-33-30-26-23-20-17-14-11-8-5-2/h28-29,31,35,53H,4-27,30,32-34,36-52H2,1-3H3/b29-28-,35-31-. The molecule has 0 N–H and O–H groups in total. The van der Waals surface area contributed by atoms with Gasteiger partial charge in [-0.15, -0.1) is 0 Å². The number of ether oxygens (including phenoxy) is 3. The van der Waals surface area contributed by atoms with Gasteiger partial charge in [-0.2, -0.15) is 0 Å². The molecule has 0 aliphatic heterocycles. The van der Waals surface area contributed by atoms with E-state index in [0.29, 0.717) is 19.3 Å². The maximum absolute atomic E-state index is 12.8. The minimum Gasteiger partial charge on any atom is -0.462 e. The summed E-state index contributed by atoms with van der Waals surface area (Å²) in [5.74, 6) is -0.885. The molecule has 0 heterocycles.